The van der Waals surface area contributed by atoms with Crippen molar-refractivity contribution in [2.75, 3.05) is 29.4 Å². The number of para-hydroxylation sites is 2. The average Bonchev–Trinajstić information content (AvgIpc) is 3.54. The van der Waals surface area contributed by atoms with Crippen LogP contribution in [0.2, 0.25) is 0 Å². The maximum atomic E-state index is 13.8. The van der Waals surface area contributed by atoms with Gasteiger partial charge >= 0.3 is 0 Å². The molecule has 2 aromatic carbocycles. The molecule has 4 rings (SSSR count). The summed E-state index contributed by atoms with van der Waals surface area (Å²) < 4.78 is 47.1. The van der Waals surface area contributed by atoms with Gasteiger partial charge in [-0.15, -0.1) is 0 Å². The number of rotatable bonds is 4. The lowest BCUT2D eigenvalue weighted by Gasteiger charge is -2.27. The number of anilines is 2. The van der Waals surface area contributed by atoms with E-state index >= 15 is 0 Å². The van der Waals surface area contributed by atoms with Gasteiger partial charge < -0.3 is 9.64 Å². The van der Waals surface area contributed by atoms with Crippen LogP contribution in [-0.4, -0.2) is 34.5 Å². The number of hydrogen-bond acceptors (Lipinski definition) is 4. The number of halogens is 1. The maximum Gasteiger partial charge on any atom is 0.268 e. The van der Waals surface area contributed by atoms with Gasteiger partial charge in [-0.1, -0.05) is 12.1 Å². The third-order valence-corrected chi connectivity index (χ3v) is 6.90. The first-order chi connectivity index (χ1) is 13.4. The number of carbonyl (C=O) groups is 1. The Bertz CT molecular complexity index is 1020. The van der Waals surface area contributed by atoms with Gasteiger partial charge in [-0.3, -0.25) is 9.10 Å². The van der Waals surface area contributed by atoms with Gasteiger partial charge in [-0.2, -0.15) is 0 Å². The summed E-state index contributed by atoms with van der Waals surface area (Å²) in [6, 6.07) is 10.4. The van der Waals surface area contributed by atoms with E-state index in [1.807, 2.05) is 0 Å². The number of fused-ring (bicyclic) bond motifs is 1. The predicted octanol–water partition coefficient (Wildman–Crippen LogP) is 3.18. The first-order valence-electron chi connectivity index (χ1n) is 9.20. The van der Waals surface area contributed by atoms with Crippen LogP contribution < -0.4 is 13.9 Å². The summed E-state index contributed by atoms with van der Waals surface area (Å²) in [7, 11) is -2.74. The number of carbonyl (C=O) groups excluding carboxylic acids is 1. The number of nitrogens with zero attached hydrogens (tertiary/aromatic N) is 2. The first-order valence-corrected chi connectivity index (χ1v) is 10.6. The normalized spacial score (nSPS) is 17.1. The Balaban J connectivity index is 1.82. The van der Waals surface area contributed by atoms with Gasteiger partial charge in [-0.25, -0.2) is 12.8 Å². The zero-order valence-corrected chi connectivity index (χ0v) is 16.3. The van der Waals surface area contributed by atoms with Crippen molar-refractivity contribution in [2.45, 2.75) is 24.2 Å². The highest BCUT2D eigenvalue weighted by molar-refractivity contribution is 7.93. The van der Waals surface area contributed by atoms with E-state index in [-0.39, 0.29) is 29.0 Å². The van der Waals surface area contributed by atoms with Crippen LogP contribution in [0.25, 0.3) is 0 Å². The topological polar surface area (TPSA) is 66.9 Å². The molecule has 148 valence electrons. The van der Waals surface area contributed by atoms with Crippen molar-refractivity contribution >= 4 is 27.3 Å². The smallest absolute Gasteiger partial charge is 0.268 e. The van der Waals surface area contributed by atoms with Crippen LogP contribution in [0.4, 0.5) is 15.8 Å². The largest absolute Gasteiger partial charge is 0.495 e. The van der Waals surface area contributed by atoms with Gasteiger partial charge in [0.25, 0.3) is 10.0 Å². The second-order valence-electron chi connectivity index (χ2n) is 6.98. The molecule has 6 nitrogen and oxygen atoms in total. The van der Waals surface area contributed by atoms with Gasteiger partial charge in [0.15, 0.2) is 0 Å². The number of benzene rings is 2. The lowest BCUT2D eigenvalue weighted by molar-refractivity contribution is -0.119. The van der Waals surface area contributed by atoms with E-state index in [0.717, 1.165) is 25.0 Å². The molecule has 0 N–H and O–H groups in total. The number of amides is 1. The average molecular weight is 404 g/mol. The van der Waals surface area contributed by atoms with E-state index in [9.17, 15) is 17.6 Å². The Labute approximate surface area is 163 Å². The Kier molecular flexibility index (Phi) is 4.74. The third-order valence-electron chi connectivity index (χ3n) is 5.07. The van der Waals surface area contributed by atoms with E-state index < -0.39 is 15.8 Å². The monoisotopic (exact) mass is 404 g/mol. The zero-order chi connectivity index (χ0) is 19.9. The molecular formula is C20H21FN2O4S. The maximum absolute atomic E-state index is 13.8. The van der Waals surface area contributed by atoms with Gasteiger partial charge in [0, 0.05) is 19.0 Å². The second-order valence-corrected chi connectivity index (χ2v) is 8.81. The molecule has 1 aliphatic heterocycles. The predicted molar refractivity (Wildman–Crippen MR) is 104 cm³/mol. The molecule has 2 aliphatic rings. The fraction of sp³-hybridized carbons (Fsp3) is 0.350. The molecular weight excluding hydrogens is 383 g/mol. The molecule has 1 aliphatic carbocycles. The van der Waals surface area contributed by atoms with Crippen LogP contribution in [0.1, 0.15) is 19.3 Å². The zero-order valence-electron chi connectivity index (χ0n) is 15.5. The van der Waals surface area contributed by atoms with Crippen LogP contribution in [0.3, 0.4) is 0 Å². The Hall–Kier alpha value is -2.61. The molecule has 1 fully saturated rings. The highest BCUT2D eigenvalue weighted by Gasteiger charge is 2.38. The van der Waals surface area contributed by atoms with Crippen molar-refractivity contribution < 1.29 is 22.3 Å². The number of methoxy groups -OCH3 is 1. The van der Waals surface area contributed by atoms with Crippen molar-refractivity contribution in [1.82, 2.24) is 0 Å². The van der Waals surface area contributed by atoms with E-state index in [0.29, 0.717) is 24.3 Å². The van der Waals surface area contributed by atoms with Crippen LogP contribution in [0, 0.1) is 11.7 Å². The number of hydrogen-bond donors (Lipinski definition) is 0. The third kappa shape index (κ3) is 3.22. The highest BCUT2D eigenvalue weighted by Crippen LogP contribution is 2.40. The molecule has 2 aromatic rings. The van der Waals surface area contributed by atoms with Crippen molar-refractivity contribution in [1.29, 1.82) is 0 Å². The Morgan fingerprint density at radius 3 is 2.50 bits per heavy atom. The SMILES string of the molecule is COc1ccc(F)cc1S(=O)(=O)N1CCCN(C(=O)C2CC2)c2ccccc21. The summed E-state index contributed by atoms with van der Waals surface area (Å²) >= 11 is 0. The molecule has 0 radical (unpaired) electrons. The molecule has 0 unspecified atom stereocenters. The van der Waals surface area contributed by atoms with Crippen molar-refractivity contribution in [3.05, 3.63) is 48.3 Å². The lowest BCUT2D eigenvalue weighted by Crippen LogP contribution is -2.32. The molecule has 0 bridgehead atoms. The minimum atomic E-state index is -4.09. The summed E-state index contributed by atoms with van der Waals surface area (Å²) in [6.45, 7) is 0.631. The number of ether oxygens (including phenoxy) is 1. The van der Waals surface area contributed by atoms with Crippen molar-refractivity contribution in [3.63, 3.8) is 0 Å². The van der Waals surface area contributed by atoms with Crippen LogP contribution in [0.5, 0.6) is 5.75 Å². The number of sulfonamides is 1. The van der Waals surface area contributed by atoms with Crippen molar-refractivity contribution in [2.24, 2.45) is 5.92 Å². The van der Waals surface area contributed by atoms with Gasteiger partial charge in [-0.05, 0) is 49.6 Å². The Morgan fingerprint density at radius 1 is 1.11 bits per heavy atom. The summed E-state index contributed by atoms with van der Waals surface area (Å²) in [6.07, 6.45) is 2.23. The molecule has 28 heavy (non-hydrogen) atoms. The molecule has 0 aromatic heterocycles. The van der Waals surface area contributed by atoms with E-state index in [2.05, 4.69) is 0 Å². The molecule has 0 saturated heterocycles. The molecule has 1 amide bonds. The van der Waals surface area contributed by atoms with Crippen LogP contribution >= 0.6 is 0 Å². The first kappa shape index (κ1) is 18.7. The second kappa shape index (κ2) is 7.09. The molecule has 0 atom stereocenters. The van der Waals surface area contributed by atoms with Gasteiger partial charge in [0.1, 0.15) is 16.5 Å². The minimum Gasteiger partial charge on any atom is -0.495 e. The fourth-order valence-electron chi connectivity index (χ4n) is 3.52. The van der Waals surface area contributed by atoms with E-state index in [1.165, 1.54) is 17.5 Å². The van der Waals surface area contributed by atoms with Crippen LogP contribution in [0.15, 0.2) is 47.4 Å². The standard InChI is InChI=1S/C20H21FN2O4S/c1-27-18-10-9-15(21)13-19(18)28(25,26)23-12-4-11-22(20(24)14-7-8-14)16-5-2-3-6-17(16)23/h2-3,5-6,9-10,13-14H,4,7-8,11-12H2,1H3. The summed E-state index contributed by atoms with van der Waals surface area (Å²) in [5.74, 6) is -0.517. The summed E-state index contributed by atoms with van der Waals surface area (Å²) in [4.78, 5) is 14.2. The molecule has 0 spiro atoms. The van der Waals surface area contributed by atoms with E-state index in [4.69, 9.17) is 4.74 Å². The molecule has 8 heteroatoms. The Morgan fingerprint density at radius 2 is 1.82 bits per heavy atom. The van der Waals surface area contributed by atoms with Gasteiger partial charge in [0.2, 0.25) is 5.91 Å². The van der Waals surface area contributed by atoms with Crippen LogP contribution in [-0.2, 0) is 14.8 Å². The van der Waals surface area contributed by atoms with Crippen molar-refractivity contribution in [3.8, 4) is 5.75 Å². The summed E-state index contributed by atoms with van der Waals surface area (Å²) in [5.41, 5.74) is 0.983. The molecule has 1 saturated carbocycles. The fourth-order valence-corrected chi connectivity index (χ4v) is 5.20. The quantitative estimate of drug-likeness (QED) is 0.785. The highest BCUT2D eigenvalue weighted by atomic mass is 32.2. The van der Waals surface area contributed by atoms with E-state index in [1.54, 1.807) is 29.2 Å². The minimum absolute atomic E-state index is 0.0273. The van der Waals surface area contributed by atoms with Gasteiger partial charge in [0.05, 0.1) is 18.5 Å². The summed E-state index contributed by atoms with van der Waals surface area (Å²) in [5, 5.41) is 0. The molecule has 1 heterocycles. The lowest BCUT2D eigenvalue weighted by atomic mass is 10.2.